The van der Waals surface area contributed by atoms with Gasteiger partial charge in [-0.1, -0.05) is 30.4 Å². The molecule has 0 aromatic heterocycles. The summed E-state index contributed by atoms with van der Waals surface area (Å²) < 4.78 is 14.4. The second kappa shape index (κ2) is 11.5. The maximum Gasteiger partial charge on any atom is 0.501 e. The van der Waals surface area contributed by atoms with Gasteiger partial charge in [0.1, 0.15) is 17.4 Å². The van der Waals surface area contributed by atoms with Gasteiger partial charge in [0, 0.05) is 19.0 Å². The number of unbranched alkanes of at least 4 members (excludes halogenated alkanes) is 1. The summed E-state index contributed by atoms with van der Waals surface area (Å²) in [5, 5.41) is 5.54. The fourth-order valence-electron chi connectivity index (χ4n) is 3.83. The first kappa shape index (κ1) is 25.0. The standard InChI is InChI=1S/C25H29FN4O4/c1-17(2)28-22(31)9-5-6-14-29-24(33)20-7-3-4-8-21(20)30(25(29)34)16-23(32)27-15-18-10-12-19(26)13-11-18/h3-4,7-8,10-13,17,20H,5-6,9,14-16H2,1-2H3,(H-,27,28,31,32)/p+1. The van der Waals surface area contributed by atoms with Crippen molar-refractivity contribution in [2.45, 2.75) is 45.7 Å². The predicted molar refractivity (Wildman–Crippen MR) is 124 cm³/mol. The van der Waals surface area contributed by atoms with Crippen molar-refractivity contribution < 1.29 is 28.1 Å². The highest BCUT2D eigenvalue weighted by atomic mass is 19.1. The van der Waals surface area contributed by atoms with E-state index in [1.54, 1.807) is 36.4 Å². The number of carbonyl (C=O) groups is 4. The van der Waals surface area contributed by atoms with Crippen LogP contribution in [0.5, 0.6) is 0 Å². The Kier molecular flexibility index (Phi) is 8.45. The van der Waals surface area contributed by atoms with E-state index in [1.165, 1.54) is 16.7 Å². The molecule has 8 nitrogen and oxygen atoms in total. The van der Waals surface area contributed by atoms with Crippen LogP contribution in [0.4, 0.5) is 9.18 Å². The van der Waals surface area contributed by atoms with Crippen LogP contribution in [0.1, 0.15) is 38.7 Å². The molecule has 0 saturated heterocycles. The van der Waals surface area contributed by atoms with Gasteiger partial charge in [-0.15, -0.1) is 0 Å². The molecular weight excluding hydrogens is 439 g/mol. The van der Waals surface area contributed by atoms with Gasteiger partial charge in [0.15, 0.2) is 6.54 Å². The van der Waals surface area contributed by atoms with E-state index in [1.807, 2.05) is 13.8 Å². The van der Waals surface area contributed by atoms with Gasteiger partial charge in [-0.3, -0.25) is 9.59 Å². The molecule has 1 aliphatic heterocycles. The minimum absolute atomic E-state index is 0.0561. The molecule has 0 spiro atoms. The van der Waals surface area contributed by atoms with Gasteiger partial charge in [0.25, 0.3) is 5.91 Å². The number of fused-ring (bicyclic) bond motifs is 1. The molecule has 1 unspecified atom stereocenters. The summed E-state index contributed by atoms with van der Waals surface area (Å²) in [5.74, 6) is -1.81. The molecule has 0 radical (unpaired) electrons. The molecule has 1 aromatic rings. The lowest BCUT2D eigenvalue weighted by Gasteiger charge is -2.26. The number of halogens is 1. The molecule has 1 heterocycles. The number of nitrogens with zero attached hydrogens (tertiary/aromatic N) is 2. The molecule has 2 aliphatic rings. The Bertz CT molecular complexity index is 1040. The summed E-state index contributed by atoms with van der Waals surface area (Å²) >= 11 is 0. The van der Waals surface area contributed by atoms with E-state index in [-0.39, 0.29) is 43.3 Å². The van der Waals surface area contributed by atoms with Crippen molar-refractivity contribution in [3.63, 3.8) is 0 Å². The van der Waals surface area contributed by atoms with Crippen LogP contribution in [0, 0.1) is 11.7 Å². The Balaban J connectivity index is 1.64. The number of carbonyl (C=O) groups excluding carboxylic acids is 4. The lowest BCUT2D eigenvalue weighted by Crippen LogP contribution is -2.56. The van der Waals surface area contributed by atoms with Gasteiger partial charge in [0.05, 0.1) is 6.54 Å². The fraction of sp³-hybridized carbons (Fsp3) is 0.400. The van der Waals surface area contributed by atoms with Crippen LogP contribution in [0.15, 0.2) is 48.6 Å². The van der Waals surface area contributed by atoms with Gasteiger partial charge in [-0.25, -0.2) is 9.18 Å². The predicted octanol–water partition coefficient (Wildman–Crippen LogP) is 2.29. The van der Waals surface area contributed by atoms with Crippen LogP contribution < -0.4 is 10.6 Å². The summed E-state index contributed by atoms with van der Waals surface area (Å²) in [6, 6.07) is 5.27. The van der Waals surface area contributed by atoms with E-state index in [0.29, 0.717) is 25.0 Å². The highest BCUT2D eigenvalue weighted by Crippen LogP contribution is 2.20. The monoisotopic (exact) mass is 469 g/mol. The highest BCUT2D eigenvalue weighted by Gasteiger charge is 2.46. The zero-order chi connectivity index (χ0) is 24.7. The number of allylic oxidation sites excluding steroid dienone is 3. The largest absolute Gasteiger partial charge is 0.501 e. The maximum atomic E-state index is 13.2. The maximum absolute atomic E-state index is 13.2. The molecule has 0 fully saturated rings. The van der Waals surface area contributed by atoms with Crippen molar-refractivity contribution in [3.05, 3.63) is 60.0 Å². The van der Waals surface area contributed by atoms with Gasteiger partial charge >= 0.3 is 11.9 Å². The summed E-state index contributed by atoms with van der Waals surface area (Å²) in [6.07, 6.45) is 8.16. The number of amides is 5. The number of hydrogen-bond acceptors (Lipinski definition) is 4. The molecule has 5 amide bonds. The minimum atomic E-state index is -0.642. The molecule has 9 heteroatoms. The number of urea groups is 1. The Hall–Kier alpha value is -3.62. The van der Waals surface area contributed by atoms with Crippen molar-refractivity contribution in [1.82, 2.24) is 15.5 Å². The molecule has 180 valence electrons. The second-order valence-corrected chi connectivity index (χ2v) is 8.59. The molecule has 1 aliphatic carbocycles. The van der Waals surface area contributed by atoms with Gasteiger partial charge in [-0.05, 0) is 50.5 Å². The van der Waals surface area contributed by atoms with Crippen LogP contribution in [0.25, 0.3) is 0 Å². The van der Waals surface area contributed by atoms with Crippen LogP contribution in [0.3, 0.4) is 0 Å². The van der Waals surface area contributed by atoms with Crippen molar-refractivity contribution in [2.24, 2.45) is 5.92 Å². The Labute approximate surface area is 198 Å². The van der Waals surface area contributed by atoms with Gasteiger partial charge in [0.2, 0.25) is 5.91 Å². The van der Waals surface area contributed by atoms with Crippen LogP contribution in [0.2, 0.25) is 0 Å². The van der Waals surface area contributed by atoms with Crippen molar-refractivity contribution in [1.29, 1.82) is 0 Å². The number of nitrogens with one attached hydrogen (secondary N) is 2. The van der Waals surface area contributed by atoms with E-state index < -0.39 is 17.9 Å². The molecule has 1 atom stereocenters. The summed E-state index contributed by atoms with van der Waals surface area (Å²) in [6.45, 7) is 3.88. The molecule has 34 heavy (non-hydrogen) atoms. The zero-order valence-electron chi connectivity index (χ0n) is 19.4. The lowest BCUT2D eigenvalue weighted by molar-refractivity contribution is -0.428. The lowest BCUT2D eigenvalue weighted by atomic mass is 9.94. The Morgan fingerprint density at radius 1 is 1.09 bits per heavy atom. The molecule has 1 aromatic carbocycles. The fourth-order valence-corrected chi connectivity index (χ4v) is 3.83. The summed E-state index contributed by atoms with van der Waals surface area (Å²) in [7, 11) is 0. The normalized spacial score (nSPS) is 17.3. The second-order valence-electron chi connectivity index (χ2n) is 8.59. The average Bonchev–Trinajstić information content (AvgIpc) is 2.80. The van der Waals surface area contributed by atoms with Crippen LogP contribution in [-0.2, 0) is 20.9 Å². The van der Waals surface area contributed by atoms with E-state index in [2.05, 4.69) is 10.6 Å². The van der Waals surface area contributed by atoms with Crippen LogP contribution in [-0.4, -0.2) is 58.1 Å². The van der Waals surface area contributed by atoms with E-state index >= 15 is 0 Å². The first-order valence-electron chi connectivity index (χ1n) is 11.4. The Morgan fingerprint density at radius 2 is 1.82 bits per heavy atom. The molecule has 2 N–H and O–H groups in total. The molecule has 3 rings (SSSR count). The highest BCUT2D eigenvalue weighted by molar-refractivity contribution is 6.16. The van der Waals surface area contributed by atoms with Gasteiger partial charge in [-0.2, -0.15) is 14.3 Å². The zero-order valence-corrected chi connectivity index (χ0v) is 19.4. The van der Waals surface area contributed by atoms with Crippen molar-refractivity contribution in [2.75, 3.05) is 13.1 Å². The number of rotatable bonds is 10. The van der Waals surface area contributed by atoms with Gasteiger partial charge < -0.3 is 10.6 Å². The number of imide groups is 1. The van der Waals surface area contributed by atoms with E-state index in [4.69, 9.17) is 0 Å². The third-order valence-corrected chi connectivity index (χ3v) is 5.50. The average molecular weight is 470 g/mol. The first-order valence-corrected chi connectivity index (χ1v) is 11.4. The van der Waals surface area contributed by atoms with Crippen molar-refractivity contribution in [3.8, 4) is 0 Å². The number of benzene rings is 1. The Morgan fingerprint density at radius 3 is 2.53 bits per heavy atom. The molecule has 0 saturated carbocycles. The first-order chi connectivity index (χ1) is 16.3. The number of hydrogen-bond donors (Lipinski definition) is 2. The topological polar surface area (TPSA) is 98.6 Å². The van der Waals surface area contributed by atoms with E-state index in [0.717, 1.165) is 10.5 Å². The minimum Gasteiger partial charge on any atom is -0.354 e. The SMILES string of the molecule is CC(C)NC(=O)CCCCN1C(=O)C2C=CC=CC2=[N+](CC(=O)NCc2ccc(F)cc2)C1=O. The smallest absolute Gasteiger partial charge is 0.354 e. The third-order valence-electron chi connectivity index (χ3n) is 5.50. The molecular formula is C25H30FN4O4+. The van der Waals surface area contributed by atoms with Crippen molar-refractivity contribution >= 4 is 29.5 Å². The summed E-state index contributed by atoms with van der Waals surface area (Å²) in [5.41, 5.74) is 1.19. The molecule has 0 bridgehead atoms. The quantitative estimate of drug-likeness (QED) is 0.406. The van der Waals surface area contributed by atoms with Crippen LogP contribution >= 0.6 is 0 Å². The third kappa shape index (κ3) is 6.46. The summed E-state index contributed by atoms with van der Waals surface area (Å²) in [4.78, 5) is 51.7. The van der Waals surface area contributed by atoms with E-state index in [9.17, 15) is 23.6 Å².